The fourth-order valence-electron chi connectivity index (χ4n) is 3.99. The van der Waals surface area contributed by atoms with Crippen molar-refractivity contribution in [3.8, 4) is 17.6 Å². The van der Waals surface area contributed by atoms with E-state index < -0.39 is 34.1 Å². The molecule has 162 valence electrons. The maximum Gasteiger partial charge on any atom is 0.426 e. The fourth-order valence-corrected chi connectivity index (χ4v) is 4.13. The van der Waals surface area contributed by atoms with Crippen LogP contribution in [0.1, 0.15) is 19.4 Å². The molecule has 0 unspecified atom stereocenters. The van der Waals surface area contributed by atoms with E-state index in [0.29, 0.717) is 17.1 Å². The molecule has 0 bridgehead atoms. The Morgan fingerprint density at radius 2 is 1.77 bits per heavy atom. The molecule has 0 N–H and O–H groups in total. The van der Waals surface area contributed by atoms with Gasteiger partial charge in [-0.25, -0.2) is 0 Å². The van der Waals surface area contributed by atoms with Crippen molar-refractivity contribution in [2.75, 3.05) is 0 Å². The van der Waals surface area contributed by atoms with Crippen molar-refractivity contribution in [3.63, 3.8) is 0 Å². The van der Waals surface area contributed by atoms with Gasteiger partial charge >= 0.3 is 6.18 Å². The zero-order chi connectivity index (χ0) is 22.9. The van der Waals surface area contributed by atoms with Crippen LogP contribution in [-0.4, -0.2) is 12.6 Å². The van der Waals surface area contributed by atoms with Gasteiger partial charge in [-0.05, 0) is 35.6 Å². The molecule has 3 atom stereocenters. The molecule has 31 heavy (non-hydrogen) atoms. The third-order valence-corrected chi connectivity index (χ3v) is 5.93. The average Bonchev–Trinajstić information content (AvgIpc) is 3.26. The van der Waals surface area contributed by atoms with Crippen LogP contribution < -0.4 is 4.74 Å². The summed E-state index contributed by atoms with van der Waals surface area (Å²) in [5.74, 6) is -0.544. The van der Waals surface area contributed by atoms with Gasteiger partial charge in [-0.2, -0.15) is 18.4 Å². The molecular formula is C23H19ClF3NO3. The van der Waals surface area contributed by atoms with Crippen molar-refractivity contribution in [3.05, 3.63) is 71.3 Å². The number of nitrogens with zero attached hydrogens (tertiary/aromatic N) is 1. The number of carbonyl (C=O) groups is 1. The van der Waals surface area contributed by atoms with Gasteiger partial charge in [-0.3, -0.25) is 4.79 Å². The van der Waals surface area contributed by atoms with Crippen molar-refractivity contribution in [2.45, 2.75) is 25.6 Å². The summed E-state index contributed by atoms with van der Waals surface area (Å²) >= 11 is 5.44. The molecule has 1 fully saturated rings. The topological polar surface area (TPSA) is 59.3 Å². The Labute approximate surface area is 182 Å². The molecule has 2 aromatic carbocycles. The van der Waals surface area contributed by atoms with Gasteiger partial charge in [0.15, 0.2) is 0 Å². The number of allylic oxidation sites excluding steroid dienone is 2. The summed E-state index contributed by atoms with van der Waals surface area (Å²) in [6.07, 6.45) is -3.81. The SMILES string of the molecule is CC1(C)[C@@H](C=C(Cl)C(F)(F)F)[C@@H]1[C@](C#N)(OC=O)c1cccc(Oc2ccccc2)c1. The summed E-state index contributed by atoms with van der Waals surface area (Å²) in [5.41, 5.74) is -2.29. The smallest absolute Gasteiger partial charge is 0.426 e. The van der Waals surface area contributed by atoms with Crippen molar-refractivity contribution in [1.82, 2.24) is 0 Å². The summed E-state index contributed by atoms with van der Waals surface area (Å²) in [6.45, 7) is 3.53. The molecule has 8 heteroatoms. The molecule has 1 aliphatic carbocycles. The van der Waals surface area contributed by atoms with Crippen molar-refractivity contribution in [1.29, 1.82) is 5.26 Å². The largest absolute Gasteiger partial charge is 0.457 e. The number of hydrogen-bond acceptors (Lipinski definition) is 4. The Balaban J connectivity index is 2.02. The summed E-state index contributed by atoms with van der Waals surface area (Å²) in [5, 5.41) is 8.77. The molecule has 4 nitrogen and oxygen atoms in total. The van der Waals surface area contributed by atoms with E-state index in [-0.39, 0.29) is 6.47 Å². The predicted octanol–water partition coefficient (Wildman–Crippen LogP) is 6.33. The van der Waals surface area contributed by atoms with E-state index >= 15 is 0 Å². The number of carbonyl (C=O) groups excluding carboxylic acids is 1. The number of alkyl halides is 3. The van der Waals surface area contributed by atoms with E-state index in [1.165, 1.54) is 0 Å². The number of rotatable bonds is 7. The van der Waals surface area contributed by atoms with Crippen LogP contribution >= 0.6 is 11.6 Å². The molecule has 0 aliphatic heterocycles. The van der Waals surface area contributed by atoms with Gasteiger partial charge in [-0.15, -0.1) is 0 Å². The standard InChI is InChI=1S/C23H19ClF3NO3/c1-21(2)18(12-19(24)23(25,26)27)20(21)22(13-28,30-14-29)15-7-6-10-17(11-15)31-16-8-4-3-5-9-16/h3-12,14,18,20H,1-2H3/t18-,20-,22+/m0/s1. The molecule has 0 heterocycles. The highest BCUT2D eigenvalue weighted by molar-refractivity contribution is 6.30. The summed E-state index contributed by atoms with van der Waals surface area (Å²) < 4.78 is 49.9. The van der Waals surface area contributed by atoms with Gasteiger partial charge in [0.2, 0.25) is 5.60 Å². The van der Waals surface area contributed by atoms with Crippen LogP contribution in [0.2, 0.25) is 0 Å². The van der Waals surface area contributed by atoms with Gasteiger partial charge in [0.1, 0.15) is 22.6 Å². The van der Waals surface area contributed by atoms with Crippen molar-refractivity contribution in [2.24, 2.45) is 17.3 Å². The molecule has 0 saturated heterocycles. The lowest BCUT2D eigenvalue weighted by atomic mass is 9.86. The lowest BCUT2D eigenvalue weighted by Gasteiger charge is -2.27. The zero-order valence-electron chi connectivity index (χ0n) is 16.7. The van der Waals surface area contributed by atoms with Crippen LogP contribution in [0.4, 0.5) is 13.2 Å². The number of benzene rings is 2. The molecule has 2 aromatic rings. The predicted molar refractivity (Wildman–Crippen MR) is 108 cm³/mol. The number of hydrogen-bond donors (Lipinski definition) is 0. The highest BCUT2D eigenvalue weighted by atomic mass is 35.5. The van der Waals surface area contributed by atoms with Crippen molar-refractivity contribution >= 4 is 18.1 Å². The third-order valence-electron chi connectivity index (χ3n) is 5.59. The zero-order valence-corrected chi connectivity index (χ0v) is 17.4. The summed E-state index contributed by atoms with van der Waals surface area (Å²) in [6, 6.07) is 17.3. The first-order valence-corrected chi connectivity index (χ1v) is 9.74. The molecular weight excluding hydrogens is 431 g/mol. The van der Waals surface area contributed by atoms with Crippen LogP contribution in [-0.2, 0) is 15.1 Å². The number of ether oxygens (including phenoxy) is 2. The number of halogens is 4. The van der Waals surface area contributed by atoms with Crippen LogP contribution in [0.15, 0.2) is 65.7 Å². The van der Waals surface area contributed by atoms with E-state index in [1.807, 2.05) is 12.1 Å². The minimum Gasteiger partial charge on any atom is -0.457 e. The van der Waals surface area contributed by atoms with Gasteiger partial charge in [0.05, 0.1) is 0 Å². The quantitative estimate of drug-likeness (QED) is 0.463. The highest BCUT2D eigenvalue weighted by Gasteiger charge is 2.69. The van der Waals surface area contributed by atoms with Gasteiger partial charge in [0.25, 0.3) is 6.47 Å². The van der Waals surface area contributed by atoms with Gasteiger partial charge < -0.3 is 9.47 Å². The third kappa shape index (κ3) is 4.40. The van der Waals surface area contributed by atoms with Crippen LogP contribution in [0.25, 0.3) is 0 Å². The normalized spacial score (nSPS) is 22.0. The Kier molecular flexibility index (Phi) is 6.06. The Hall–Kier alpha value is -2.98. The second kappa shape index (κ2) is 8.27. The van der Waals surface area contributed by atoms with E-state index in [4.69, 9.17) is 21.1 Å². The lowest BCUT2D eigenvalue weighted by Crippen LogP contribution is -2.32. The summed E-state index contributed by atoms with van der Waals surface area (Å²) in [7, 11) is 0. The Morgan fingerprint density at radius 1 is 1.13 bits per heavy atom. The van der Waals surface area contributed by atoms with Crippen LogP contribution in [0.5, 0.6) is 11.5 Å². The molecule has 3 rings (SSSR count). The van der Waals surface area contributed by atoms with Crippen molar-refractivity contribution < 1.29 is 27.4 Å². The molecule has 0 amide bonds. The van der Waals surface area contributed by atoms with Gasteiger partial charge in [-0.1, -0.05) is 61.9 Å². The Morgan fingerprint density at radius 3 is 2.35 bits per heavy atom. The first-order valence-electron chi connectivity index (χ1n) is 9.37. The molecule has 0 radical (unpaired) electrons. The number of para-hydroxylation sites is 1. The Bertz CT molecular complexity index is 1030. The maximum absolute atomic E-state index is 13.0. The minimum absolute atomic E-state index is 0.133. The fraction of sp³-hybridized carbons (Fsp3) is 0.304. The first kappa shape index (κ1) is 22.7. The maximum atomic E-state index is 13.0. The minimum atomic E-state index is -4.70. The van der Waals surface area contributed by atoms with Crippen LogP contribution in [0.3, 0.4) is 0 Å². The monoisotopic (exact) mass is 449 g/mol. The molecule has 0 spiro atoms. The van der Waals surface area contributed by atoms with E-state index in [9.17, 15) is 23.2 Å². The first-order chi connectivity index (χ1) is 14.6. The second-order valence-electron chi connectivity index (χ2n) is 7.84. The second-order valence-corrected chi connectivity index (χ2v) is 8.25. The molecule has 1 aliphatic rings. The lowest BCUT2D eigenvalue weighted by molar-refractivity contribution is -0.142. The van der Waals surface area contributed by atoms with E-state index in [2.05, 4.69) is 0 Å². The van der Waals surface area contributed by atoms with E-state index in [0.717, 1.165) is 6.08 Å². The highest BCUT2D eigenvalue weighted by Crippen LogP contribution is 2.67. The molecule has 0 aromatic heterocycles. The summed E-state index contributed by atoms with van der Waals surface area (Å²) in [4.78, 5) is 11.3. The average molecular weight is 450 g/mol. The van der Waals surface area contributed by atoms with Gasteiger partial charge in [0, 0.05) is 11.5 Å². The number of nitriles is 1. The van der Waals surface area contributed by atoms with E-state index in [1.54, 1.807) is 62.4 Å². The van der Waals surface area contributed by atoms with Crippen LogP contribution in [0, 0.1) is 28.6 Å². The molecule has 1 saturated carbocycles.